The van der Waals surface area contributed by atoms with E-state index in [1.165, 1.54) is 0 Å². The van der Waals surface area contributed by atoms with Crippen molar-refractivity contribution in [1.29, 1.82) is 0 Å². The van der Waals surface area contributed by atoms with Crippen molar-refractivity contribution in [3.8, 4) is 0 Å². The zero-order valence-electron chi connectivity index (χ0n) is 22.9. The number of hydrogen-bond acceptors (Lipinski definition) is 4. The van der Waals surface area contributed by atoms with E-state index in [1.807, 2.05) is 6.92 Å². The zero-order valence-corrected chi connectivity index (χ0v) is 22.9. The second kappa shape index (κ2) is 7.35. The summed E-state index contributed by atoms with van der Waals surface area (Å²) >= 11 is 0. The highest BCUT2D eigenvalue weighted by molar-refractivity contribution is 5.77. The number of aliphatic hydroxyl groups excluding tert-OH is 2. The lowest BCUT2D eigenvalue weighted by atomic mass is 9.32. The van der Waals surface area contributed by atoms with Crippen LogP contribution in [0.1, 0.15) is 99.8 Å². The van der Waals surface area contributed by atoms with Crippen LogP contribution in [0.5, 0.6) is 0 Å². The number of fused-ring (bicyclic) bond motifs is 7. The number of aliphatic hydroxyl groups is 3. The molecule has 5 heteroatoms. The van der Waals surface area contributed by atoms with E-state index in [9.17, 15) is 25.2 Å². The average molecular weight is 489 g/mol. The third kappa shape index (κ3) is 2.90. The van der Waals surface area contributed by atoms with Crippen molar-refractivity contribution in [3.05, 3.63) is 11.6 Å². The van der Waals surface area contributed by atoms with Gasteiger partial charge in [-0.05, 0) is 97.7 Å². The van der Waals surface area contributed by atoms with Gasteiger partial charge in [-0.15, -0.1) is 0 Å². The van der Waals surface area contributed by atoms with E-state index in [4.69, 9.17) is 0 Å². The lowest BCUT2D eigenvalue weighted by molar-refractivity contribution is -0.247. The van der Waals surface area contributed by atoms with Crippen molar-refractivity contribution in [2.75, 3.05) is 0 Å². The molecule has 4 N–H and O–H groups in total. The Labute approximate surface area is 211 Å². The molecule has 3 unspecified atom stereocenters. The van der Waals surface area contributed by atoms with Crippen molar-refractivity contribution in [3.63, 3.8) is 0 Å². The van der Waals surface area contributed by atoms with E-state index in [0.29, 0.717) is 25.2 Å². The molecule has 0 aromatic carbocycles. The molecule has 5 aliphatic rings. The van der Waals surface area contributed by atoms with Gasteiger partial charge in [-0.25, -0.2) is 0 Å². The number of hydrogen-bond donors (Lipinski definition) is 4. The summed E-state index contributed by atoms with van der Waals surface area (Å²) in [6, 6.07) is 0. The molecule has 0 aliphatic heterocycles. The highest BCUT2D eigenvalue weighted by atomic mass is 16.4. The maximum Gasteiger partial charge on any atom is 0.310 e. The molecule has 0 radical (unpaired) electrons. The Hall–Kier alpha value is -0.910. The van der Waals surface area contributed by atoms with Crippen LogP contribution in [0.4, 0.5) is 0 Å². The molecule has 4 saturated carbocycles. The highest BCUT2D eigenvalue weighted by Gasteiger charge is 2.72. The lowest BCUT2D eigenvalue weighted by Crippen LogP contribution is -2.70. The van der Waals surface area contributed by atoms with Gasteiger partial charge in [0.25, 0.3) is 0 Å². The summed E-state index contributed by atoms with van der Waals surface area (Å²) < 4.78 is 0. The molecule has 35 heavy (non-hydrogen) atoms. The van der Waals surface area contributed by atoms with Crippen LogP contribution in [0.15, 0.2) is 11.6 Å². The fourth-order valence-electron chi connectivity index (χ4n) is 11.0. The molecule has 11 atom stereocenters. The molecule has 0 aromatic heterocycles. The Morgan fingerprint density at radius 1 is 0.971 bits per heavy atom. The Kier molecular flexibility index (Phi) is 5.40. The second-order valence-electron chi connectivity index (χ2n) is 14.9. The van der Waals surface area contributed by atoms with E-state index in [-0.39, 0.29) is 33.5 Å². The first-order valence-corrected chi connectivity index (χ1v) is 14.0. The minimum Gasteiger partial charge on any atom is -0.481 e. The summed E-state index contributed by atoms with van der Waals surface area (Å²) in [5.74, 6) is -0.765. The van der Waals surface area contributed by atoms with Gasteiger partial charge >= 0.3 is 5.97 Å². The van der Waals surface area contributed by atoms with E-state index in [2.05, 4.69) is 47.6 Å². The minimum absolute atomic E-state index is 0.0230. The fraction of sp³-hybridized carbons (Fsp3) is 0.900. The van der Waals surface area contributed by atoms with E-state index in [1.54, 1.807) is 0 Å². The van der Waals surface area contributed by atoms with Gasteiger partial charge in [0, 0.05) is 5.92 Å². The van der Waals surface area contributed by atoms with Crippen LogP contribution < -0.4 is 0 Å². The van der Waals surface area contributed by atoms with Crippen LogP contribution in [-0.4, -0.2) is 44.2 Å². The SMILES string of the molecule is CC1CC[C@]2(C(=O)O)CC[C@]3(C)C(=CC[C@@H]4[C@@]5(C)CCC(O)C(C)(C)[C@@H]5C(O)C[C@]43C)[C@@H]2[C@]1(C)O. The quantitative estimate of drug-likeness (QED) is 0.382. The molecule has 0 amide bonds. The molecular formula is C30H48O5. The lowest BCUT2D eigenvalue weighted by Gasteiger charge is -2.72. The molecule has 5 aliphatic carbocycles. The van der Waals surface area contributed by atoms with Gasteiger partial charge in [-0.2, -0.15) is 0 Å². The van der Waals surface area contributed by atoms with Crippen molar-refractivity contribution < 1.29 is 25.2 Å². The Morgan fingerprint density at radius 3 is 2.26 bits per heavy atom. The van der Waals surface area contributed by atoms with Gasteiger partial charge in [0.1, 0.15) is 0 Å². The van der Waals surface area contributed by atoms with Crippen molar-refractivity contribution in [2.24, 2.45) is 50.7 Å². The number of allylic oxidation sites excluding steroid dienone is 1. The summed E-state index contributed by atoms with van der Waals surface area (Å²) in [5.41, 5.74) is -1.80. The summed E-state index contributed by atoms with van der Waals surface area (Å²) in [5, 5.41) is 45.1. The molecule has 0 saturated heterocycles. The molecule has 0 aromatic rings. The largest absolute Gasteiger partial charge is 0.481 e. The third-order valence-corrected chi connectivity index (χ3v) is 13.3. The monoisotopic (exact) mass is 488 g/mol. The van der Waals surface area contributed by atoms with Crippen LogP contribution in [0.3, 0.4) is 0 Å². The summed E-state index contributed by atoms with van der Waals surface area (Å²) in [6.45, 7) is 15.2. The minimum atomic E-state index is -1.08. The molecular weight excluding hydrogens is 440 g/mol. The van der Waals surface area contributed by atoms with Crippen LogP contribution in [-0.2, 0) is 4.79 Å². The van der Waals surface area contributed by atoms with Gasteiger partial charge in [-0.1, -0.05) is 53.2 Å². The summed E-state index contributed by atoms with van der Waals surface area (Å²) in [6.07, 6.45) is 7.27. The van der Waals surface area contributed by atoms with Gasteiger partial charge in [0.05, 0.1) is 23.2 Å². The molecule has 4 fully saturated rings. The molecule has 5 rings (SSSR count). The normalized spacial score (nSPS) is 57.1. The molecule has 0 bridgehead atoms. The van der Waals surface area contributed by atoms with Crippen molar-refractivity contribution >= 4 is 5.97 Å². The molecule has 5 nitrogen and oxygen atoms in total. The number of carboxylic acids is 1. The Bertz CT molecular complexity index is 952. The molecule has 0 spiro atoms. The predicted octanol–water partition coefficient (Wildman–Crippen LogP) is 5.18. The maximum atomic E-state index is 12.8. The Morgan fingerprint density at radius 2 is 1.63 bits per heavy atom. The first-order valence-electron chi connectivity index (χ1n) is 14.0. The smallest absolute Gasteiger partial charge is 0.310 e. The van der Waals surface area contributed by atoms with Crippen molar-refractivity contribution in [1.82, 2.24) is 0 Å². The first-order chi connectivity index (χ1) is 16.0. The van der Waals surface area contributed by atoms with Crippen LogP contribution >= 0.6 is 0 Å². The highest BCUT2D eigenvalue weighted by Crippen LogP contribution is 2.76. The van der Waals surface area contributed by atoms with E-state index in [0.717, 1.165) is 37.7 Å². The van der Waals surface area contributed by atoms with Gasteiger partial charge < -0.3 is 20.4 Å². The standard InChI is InChI=1S/C30H48O5/c1-17-10-13-30(24(33)34)15-14-27(5)18(22(30)29(17,7)35)8-9-20-26(4)12-11-21(32)25(2,3)23(26)19(31)16-28(20,27)6/h8,17,19-23,31-32,35H,9-16H2,1-7H3,(H,33,34)/t17?,19?,20-,21?,22-,23+,26-,27-,28-,29-,30+/m1/s1. The Balaban J connectivity index is 1.67. The number of aliphatic carboxylic acids is 1. The zero-order chi connectivity index (χ0) is 26.0. The molecule has 0 heterocycles. The fourth-order valence-corrected chi connectivity index (χ4v) is 11.0. The number of rotatable bonds is 1. The number of carbonyl (C=O) groups is 1. The summed E-state index contributed by atoms with van der Waals surface area (Å²) in [4.78, 5) is 12.8. The topological polar surface area (TPSA) is 98.0 Å². The third-order valence-electron chi connectivity index (χ3n) is 13.3. The van der Waals surface area contributed by atoms with Gasteiger partial charge in [-0.3, -0.25) is 4.79 Å². The maximum absolute atomic E-state index is 12.8. The van der Waals surface area contributed by atoms with Crippen LogP contribution in [0.25, 0.3) is 0 Å². The first kappa shape index (κ1) is 25.7. The van der Waals surface area contributed by atoms with Gasteiger partial charge in [0.15, 0.2) is 0 Å². The average Bonchev–Trinajstić information content (AvgIpc) is 2.74. The van der Waals surface area contributed by atoms with Crippen molar-refractivity contribution in [2.45, 2.75) is 118 Å². The second-order valence-corrected chi connectivity index (χ2v) is 14.9. The summed E-state index contributed by atoms with van der Waals surface area (Å²) in [7, 11) is 0. The van der Waals surface area contributed by atoms with Crippen LogP contribution in [0.2, 0.25) is 0 Å². The number of carboxylic acid groups (broad SMARTS) is 1. The molecule has 198 valence electrons. The van der Waals surface area contributed by atoms with Gasteiger partial charge in [0.2, 0.25) is 0 Å². The predicted molar refractivity (Wildman–Crippen MR) is 135 cm³/mol. The van der Waals surface area contributed by atoms with Crippen LogP contribution in [0, 0.1) is 50.7 Å². The van der Waals surface area contributed by atoms with E-state index < -0.39 is 35.1 Å². The van der Waals surface area contributed by atoms with E-state index >= 15 is 0 Å².